The fourth-order valence-electron chi connectivity index (χ4n) is 2.05. The van der Waals surface area contributed by atoms with Crippen LogP contribution in [-0.4, -0.2) is 16.9 Å². The van der Waals surface area contributed by atoms with E-state index in [0.29, 0.717) is 13.0 Å². The van der Waals surface area contributed by atoms with Crippen molar-refractivity contribution in [3.63, 3.8) is 0 Å². The first kappa shape index (κ1) is 15.8. The highest BCUT2D eigenvalue weighted by Crippen LogP contribution is 2.16. The predicted molar refractivity (Wildman–Crippen MR) is 82.9 cm³/mol. The normalized spacial score (nSPS) is 10.2. The fraction of sp³-hybridized carbons (Fsp3) is 0.222. The van der Waals surface area contributed by atoms with E-state index in [1.807, 2.05) is 55.5 Å². The second-order valence-electron chi connectivity index (χ2n) is 5.09. The third kappa shape index (κ3) is 4.45. The van der Waals surface area contributed by atoms with Crippen LogP contribution in [0, 0.1) is 6.92 Å². The van der Waals surface area contributed by atoms with E-state index < -0.39 is 11.8 Å². The van der Waals surface area contributed by atoms with E-state index in [2.05, 4.69) is 0 Å². The lowest BCUT2D eigenvalue weighted by Gasteiger charge is -2.09. The van der Waals surface area contributed by atoms with Gasteiger partial charge < -0.3 is 9.84 Å². The van der Waals surface area contributed by atoms with Crippen molar-refractivity contribution in [1.82, 2.24) is 0 Å². The standard InChI is InChI=1S/C18H18O4/c1-13-4-2-3-5-15(13)12-22-16-9-6-14(7-10-16)8-11-17(19)18(20)21/h2-7,9-10H,8,11-12H2,1H3,(H,20,21). The number of aryl methyl sites for hydroxylation is 2. The van der Waals surface area contributed by atoms with Crippen LogP contribution in [0.4, 0.5) is 0 Å². The van der Waals surface area contributed by atoms with Crippen molar-refractivity contribution < 1.29 is 19.4 Å². The molecule has 114 valence electrons. The summed E-state index contributed by atoms with van der Waals surface area (Å²) in [5.41, 5.74) is 3.24. The van der Waals surface area contributed by atoms with Crippen LogP contribution in [-0.2, 0) is 22.6 Å². The van der Waals surface area contributed by atoms with Gasteiger partial charge in [-0.3, -0.25) is 4.79 Å². The molecule has 1 N–H and O–H groups in total. The molecule has 0 bridgehead atoms. The molecule has 0 unspecified atom stereocenters. The van der Waals surface area contributed by atoms with E-state index in [0.717, 1.165) is 16.9 Å². The number of Topliss-reactive ketones (excluding diaryl/α,β-unsaturated/α-hetero) is 1. The Morgan fingerprint density at radius 3 is 2.36 bits per heavy atom. The Morgan fingerprint density at radius 1 is 1.05 bits per heavy atom. The molecule has 0 spiro atoms. The zero-order chi connectivity index (χ0) is 15.9. The summed E-state index contributed by atoms with van der Waals surface area (Å²) in [6, 6.07) is 15.4. The number of carbonyl (C=O) groups excluding carboxylic acids is 1. The van der Waals surface area contributed by atoms with Crippen molar-refractivity contribution >= 4 is 11.8 Å². The van der Waals surface area contributed by atoms with Gasteiger partial charge in [-0.25, -0.2) is 4.79 Å². The monoisotopic (exact) mass is 298 g/mol. The maximum atomic E-state index is 11.1. The van der Waals surface area contributed by atoms with Gasteiger partial charge in [0, 0.05) is 6.42 Å². The predicted octanol–water partition coefficient (Wildman–Crippen LogP) is 3.16. The Bertz CT molecular complexity index is 659. The lowest BCUT2D eigenvalue weighted by atomic mass is 10.1. The highest BCUT2D eigenvalue weighted by Gasteiger charge is 2.10. The van der Waals surface area contributed by atoms with E-state index >= 15 is 0 Å². The van der Waals surface area contributed by atoms with Gasteiger partial charge in [-0.2, -0.15) is 0 Å². The largest absolute Gasteiger partial charge is 0.489 e. The van der Waals surface area contributed by atoms with Gasteiger partial charge in [-0.05, 0) is 42.2 Å². The minimum atomic E-state index is -1.38. The van der Waals surface area contributed by atoms with E-state index in [4.69, 9.17) is 9.84 Å². The summed E-state index contributed by atoms with van der Waals surface area (Å²) in [4.78, 5) is 21.5. The summed E-state index contributed by atoms with van der Waals surface area (Å²) in [5, 5.41) is 8.54. The van der Waals surface area contributed by atoms with Crippen LogP contribution in [0.3, 0.4) is 0 Å². The number of carboxylic acids is 1. The van der Waals surface area contributed by atoms with Crippen molar-refractivity contribution in [3.05, 3.63) is 65.2 Å². The van der Waals surface area contributed by atoms with Gasteiger partial charge in [0.15, 0.2) is 0 Å². The highest BCUT2D eigenvalue weighted by atomic mass is 16.5. The Hall–Kier alpha value is -2.62. The topological polar surface area (TPSA) is 63.6 Å². The van der Waals surface area contributed by atoms with Crippen molar-refractivity contribution in [2.24, 2.45) is 0 Å². The maximum Gasteiger partial charge on any atom is 0.372 e. The van der Waals surface area contributed by atoms with Gasteiger partial charge in [-0.15, -0.1) is 0 Å². The molecule has 0 fully saturated rings. The van der Waals surface area contributed by atoms with E-state index in [9.17, 15) is 9.59 Å². The molecule has 0 aromatic heterocycles. The lowest BCUT2D eigenvalue weighted by Crippen LogP contribution is -2.12. The van der Waals surface area contributed by atoms with Crippen LogP contribution in [0.25, 0.3) is 0 Å². The average molecular weight is 298 g/mol. The number of ketones is 1. The Balaban J connectivity index is 1.88. The molecule has 4 nitrogen and oxygen atoms in total. The van der Waals surface area contributed by atoms with Gasteiger partial charge in [0.25, 0.3) is 0 Å². The van der Waals surface area contributed by atoms with E-state index in [-0.39, 0.29) is 6.42 Å². The number of hydrogen-bond acceptors (Lipinski definition) is 3. The zero-order valence-electron chi connectivity index (χ0n) is 12.4. The van der Waals surface area contributed by atoms with Gasteiger partial charge in [-0.1, -0.05) is 36.4 Å². The summed E-state index contributed by atoms with van der Waals surface area (Å²) in [6.07, 6.45) is 0.432. The first-order valence-electron chi connectivity index (χ1n) is 7.08. The third-order valence-corrected chi connectivity index (χ3v) is 3.46. The summed E-state index contributed by atoms with van der Waals surface area (Å²) in [5.74, 6) is -1.39. The Labute approximate surface area is 129 Å². The number of carboxylic acid groups (broad SMARTS) is 1. The molecule has 0 aliphatic heterocycles. The summed E-state index contributed by atoms with van der Waals surface area (Å²) in [6.45, 7) is 2.55. The lowest BCUT2D eigenvalue weighted by molar-refractivity contribution is -0.149. The molecule has 22 heavy (non-hydrogen) atoms. The second-order valence-corrected chi connectivity index (χ2v) is 5.09. The number of ether oxygens (including phenoxy) is 1. The zero-order valence-corrected chi connectivity index (χ0v) is 12.4. The Morgan fingerprint density at radius 2 is 1.73 bits per heavy atom. The first-order valence-corrected chi connectivity index (χ1v) is 7.08. The quantitative estimate of drug-likeness (QED) is 0.797. The van der Waals surface area contributed by atoms with Crippen molar-refractivity contribution in [2.45, 2.75) is 26.4 Å². The average Bonchev–Trinajstić information content (AvgIpc) is 2.52. The van der Waals surface area contributed by atoms with Gasteiger partial charge in [0.1, 0.15) is 12.4 Å². The van der Waals surface area contributed by atoms with Crippen molar-refractivity contribution in [3.8, 4) is 5.75 Å². The van der Waals surface area contributed by atoms with Crippen LogP contribution in [0.15, 0.2) is 48.5 Å². The van der Waals surface area contributed by atoms with Crippen LogP contribution in [0.5, 0.6) is 5.75 Å². The smallest absolute Gasteiger partial charge is 0.372 e. The Kier molecular flexibility index (Phi) is 5.31. The van der Waals surface area contributed by atoms with Gasteiger partial charge in [0.05, 0.1) is 0 Å². The molecule has 0 amide bonds. The molecule has 2 rings (SSSR count). The summed E-state index contributed by atoms with van der Waals surface area (Å²) in [7, 11) is 0. The molecule has 0 aliphatic rings. The molecule has 0 saturated heterocycles. The maximum absolute atomic E-state index is 11.1. The van der Waals surface area contributed by atoms with Crippen LogP contribution in [0.2, 0.25) is 0 Å². The van der Waals surface area contributed by atoms with Crippen LogP contribution >= 0.6 is 0 Å². The van der Waals surface area contributed by atoms with Crippen LogP contribution < -0.4 is 4.74 Å². The van der Waals surface area contributed by atoms with E-state index in [1.165, 1.54) is 5.56 Å². The minimum absolute atomic E-state index is 0.0126. The number of carbonyl (C=O) groups is 2. The third-order valence-electron chi connectivity index (χ3n) is 3.46. The molecule has 0 aliphatic carbocycles. The molecule has 0 saturated carbocycles. The summed E-state index contributed by atoms with van der Waals surface area (Å²) >= 11 is 0. The van der Waals surface area contributed by atoms with Crippen molar-refractivity contribution in [1.29, 1.82) is 0 Å². The van der Waals surface area contributed by atoms with Gasteiger partial charge >= 0.3 is 5.97 Å². The van der Waals surface area contributed by atoms with Gasteiger partial charge in [0.2, 0.25) is 5.78 Å². The molecule has 0 heterocycles. The first-order chi connectivity index (χ1) is 10.6. The fourth-order valence-corrected chi connectivity index (χ4v) is 2.05. The molecule has 2 aromatic rings. The van der Waals surface area contributed by atoms with Crippen molar-refractivity contribution in [2.75, 3.05) is 0 Å². The molecule has 0 radical (unpaired) electrons. The molecule has 0 atom stereocenters. The van der Waals surface area contributed by atoms with Crippen LogP contribution in [0.1, 0.15) is 23.1 Å². The molecular formula is C18H18O4. The summed E-state index contributed by atoms with van der Waals surface area (Å²) < 4.78 is 5.73. The van der Waals surface area contributed by atoms with E-state index in [1.54, 1.807) is 0 Å². The highest BCUT2D eigenvalue weighted by molar-refractivity contribution is 6.32. The SMILES string of the molecule is Cc1ccccc1COc1ccc(CCC(=O)C(=O)O)cc1. The minimum Gasteiger partial charge on any atom is -0.489 e. The molecular weight excluding hydrogens is 280 g/mol. The number of hydrogen-bond donors (Lipinski definition) is 1. The molecule has 2 aromatic carbocycles. The number of rotatable bonds is 7. The second kappa shape index (κ2) is 7.41. The number of benzene rings is 2. The molecule has 4 heteroatoms. The number of aliphatic carboxylic acids is 1.